The molecule has 0 radical (unpaired) electrons. The molecule has 0 unspecified atom stereocenters. The van der Waals surface area contributed by atoms with E-state index in [4.69, 9.17) is 16.3 Å². The first-order valence-electron chi connectivity index (χ1n) is 5.49. The van der Waals surface area contributed by atoms with E-state index in [0.29, 0.717) is 5.92 Å². The van der Waals surface area contributed by atoms with Crippen LogP contribution >= 0.6 is 11.6 Å². The highest BCUT2D eigenvalue weighted by molar-refractivity contribution is 6.31. The van der Waals surface area contributed by atoms with Crippen LogP contribution in [0.5, 0.6) is 5.75 Å². The molecule has 3 nitrogen and oxygen atoms in total. The smallest absolute Gasteiger partial charge is 0.144 e. The van der Waals surface area contributed by atoms with Crippen molar-refractivity contribution in [3.63, 3.8) is 0 Å². The van der Waals surface area contributed by atoms with Crippen molar-refractivity contribution >= 4 is 17.3 Å². The Morgan fingerprint density at radius 1 is 1.50 bits per heavy atom. The molecule has 0 bridgehead atoms. The molecule has 1 aliphatic rings. The van der Waals surface area contributed by atoms with E-state index in [1.165, 1.54) is 0 Å². The lowest BCUT2D eigenvalue weighted by molar-refractivity contribution is 0.364. The fourth-order valence-corrected chi connectivity index (χ4v) is 2.15. The van der Waals surface area contributed by atoms with Crippen LogP contribution in [0.15, 0.2) is 12.1 Å². The summed E-state index contributed by atoms with van der Waals surface area (Å²) in [4.78, 5) is 0. The second kappa shape index (κ2) is 4.93. The van der Waals surface area contributed by atoms with Gasteiger partial charge in [0.25, 0.3) is 0 Å². The van der Waals surface area contributed by atoms with Crippen molar-refractivity contribution in [1.82, 2.24) is 5.32 Å². The largest absolute Gasteiger partial charge is 0.494 e. The molecule has 1 fully saturated rings. The van der Waals surface area contributed by atoms with E-state index in [1.807, 2.05) is 19.1 Å². The van der Waals surface area contributed by atoms with Gasteiger partial charge in [0.1, 0.15) is 5.75 Å². The third-order valence-corrected chi connectivity index (χ3v) is 3.11. The Morgan fingerprint density at radius 2 is 2.25 bits per heavy atom. The molecule has 1 aromatic rings. The summed E-state index contributed by atoms with van der Waals surface area (Å²) in [6.45, 7) is 5.15. The van der Waals surface area contributed by atoms with Gasteiger partial charge in [-0.2, -0.15) is 0 Å². The Morgan fingerprint density at radius 3 is 2.81 bits per heavy atom. The monoisotopic (exact) mass is 240 g/mol. The maximum absolute atomic E-state index is 6.03. The minimum atomic E-state index is 0.712. The molecule has 1 aromatic carbocycles. The lowest BCUT2D eigenvalue weighted by Gasteiger charge is -2.28. The molecule has 0 saturated carbocycles. The Labute approximate surface area is 101 Å². The zero-order valence-electron chi connectivity index (χ0n) is 9.64. The lowest BCUT2D eigenvalue weighted by atomic mass is 10.0. The summed E-state index contributed by atoms with van der Waals surface area (Å²) in [6.07, 6.45) is 0. The van der Waals surface area contributed by atoms with Crippen molar-refractivity contribution in [3.05, 3.63) is 22.7 Å². The van der Waals surface area contributed by atoms with Gasteiger partial charge in [-0.25, -0.2) is 0 Å². The molecular weight excluding hydrogens is 224 g/mol. The number of aryl methyl sites for hydroxylation is 1. The molecule has 0 aromatic heterocycles. The number of ether oxygens (including phenoxy) is 1. The van der Waals surface area contributed by atoms with Crippen LogP contribution in [-0.4, -0.2) is 26.7 Å². The van der Waals surface area contributed by atoms with Gasteiger partial charge in [0, 0.05) is 30.6 Å². The molecule has 16 heavy (non-hydrogen) atoms. The summed E-state index contributed by atoms with van der Waals surface area (Å²) >= 11 is 6.03. The van der Waals surface area contributed by atoms with Gasteiger partial charge in [-0.1, -0.05) is 11.6 Å². The first-order valence-corrected chi connectivity index (χ1v) is 5.87. The summed E-state index contributed by atoms with van der Waals surface area (Å²) < 4.78 is 5.38. The van der Waals surface area contributed by atoms with Crippen molar-refractivity contribution in [3.8, 4) is 5.75 Å². The van der Waals surface area contributed by atoms with Gasteiger partial charge in [-0.05, 0) is 24.6 Å². The Balaban J connectivity index is 2.10. The molecule has 4 heteroatoms. The highest BCUT2D eigenvalue weighted by Crippen LogP contribution is 2.32. The zero-order valence-corrected chi connectivity index (χ0v) is 10.4. The van der Waals surface area contributed by atoms with Crippen molar-refractivity contribution in [2.24, 2.45) is 5.92 Å². The van der Waals surface area contributed by atoms with Crippen LogP contribution in [0.2, 0.25) is 5.02 Å². The second-order valence-corrected chi connectivity index (χ2v) is 4.65. The Kier molecular flexibility index (Phi) is 3.56. The van der Waals surface area contributed by atoms with Crippen LogP contribution in [0.25, 0.3) is 0 Å². The third-order valence-electron chi connectivity index (χ3n) is 2.89. The zero-order chi connectivity index (χ0) is 11.5. The quantitative estimate of drug-likeness (QED) is 0.847. The molecule has 0 spiro atoms. The van der Waals surface area contributed by atoms with Crippen molar-refractivity contribution < 1.29 is 4.74 Å². The Bertz CT molecular complexity index is 378. The summed E-state index contributed by atoms with van der Waals surface area (Å²) in [5.41, 5.74) is 2.05. The fraction of sp³-hybridized carbons (Fsp3) is 0.500. The maximum atomic E-state index is 6.03. The molecule has 1 saturated heterocycles. The molecule has 0 aliphatic carbocycles. The number of halogens is 1. The van der Waals surface area contributed by atoms with Crippen molar-refractivity contribution in [2.75, 3.05) is 32.1 Å². The molecule has 2 N–H and O–H groups in total. The molecular formula is C12H17ClN2O. The van der Waals surface area contributed by atoms with E-state index >= 15 is 0 Å². The second-order valence-electron chi connectivity index (χ2n) is 4.21. The number of anilines is 1. The van der Waals surface area contributed by atoms with Crippen LogP contribution in [0.1, 0.15) is 5.56 Å². The van der Waals surface area contributed by atoms with E-state index in [-0.39, 0.29) is 0 Å². The van der Waals surface area contributed by atoms with E-state index in [2.05, 4.69) is 10.6 Å². The van der Waals surface area contributed by atoms with Crippen LogP contribution in [-0.2, 0) is 0 Å². The molecule has 2 rings (SSSR count). The number of nitrogens with one attached hydrogen (secondary N) is 2. The summed E-state index contributed by atoms with van der Waals surface area (Å²) in [7, 11) is 1.69. The highest BCUT2D eigenvalue weighted by Gasteiger charge is 2.17. The van der Waals surface area contributed by atoms with E-state index in [9.17, 15) is 0 Å². The minimum Gasteiger partial charge on any atom is -0.494 e. The fourth-order valence-electron chi connectivity index (χ4n) is 1.88. The summed E-state index contributed by atoms with van der Waals surface area (Å²) in [5, 5.41) is 7.39. The molecule has 88 valence electrons. The van der Waals surface area contributed by atoms with Gasteiger partial charge < -0.3 is 15.4 Å². The van der Waals surface area contributed by atoms with Crippen LogP contribution < -0.4 is 15.4 Å². The Hall–Kier alpha value is -0.930. The van der Waals surface area contributed by atoms with Crippen LogP contribution in [0.3, 0.4) is 0 Å². The number of hydrogen-bond acceptors (Lipinski definition) is 3. The predicted molar refractivity (Wildman–Crippen MR) is 67.6 cm³/mol. The predicted octanol–water partition coefficient (Wildman–Crippen LogP) is 2.29. The number of methoxy groups -OCH3 is 1. The highest BCUT2D eigenvalue weighted by atomic mass is 35.5. The lowest BCUT2D eigenvalue weighted by Crippen LogP contribution is -2.45. The standard InChI is InChI=1S/C12H17ClN2O/c1-8-3-10(13)4-11(12(8)16-2)15-7-9-5-14-6-9/h3-4,9,14-15H,5-7H2,1-2H3. The maximum Gasteiger partial charge on any atom is 0.144 e. The van der Waals surface area contributed by atoms with Crippen molar-refractivity contribution in [2.45, 2.75) is 6.92 Å². The molecule has 1 aliphatic heterocycles. The summed E-state index contributed by atoms with van der Waals surface area (Å²) in [6, 6.07) is 3.83. The molecule has 0 atom stereocenters. The average Bonchev–Trinajstić information content (AvgIpc) is 2.14. The SMILES string of the molecule is COc1c(C)cc(Cl)cc1NCC1CNC1. The molecule has 1 heterocycles. The normalized spacial score (nSPS) is 15.7. The van der Waals surface area contributed by atoms with E-state index < -0.39 is 0 Å². The van der Waals surface area contributed by atoms with E-state index in [1.54, 1.807) is 7.11 Å². The topological polar surface area (TPSA) is 33.3 Å². The first kappa shape index (κ1) is 11.6. The summed E-state index contributed by atoms with van der Waals surface area (Å²) in [5.74, 6) is 1.60. The van der Waals surface area contributed by atoms with Gasteiger partial charge in [-0.3, -0.25) is 0 Å². The van der Waals surface area contributed by atoms with E-state index in [0.717, 1.165) is 41.7 Å². The average molecular weight is 241 g/mol. The van der Waals surface area contributed by atoms with Gasteiger partial charge >= 0.3 is 0 Å². The minimum absolute atomic E-state index is 0.712. The van der Waals surface area contributed by atoms with Crippen molar-refractivity contribution in [1.29, 1.82) is 0 Å². The van der Waals surface area contributed by atoms with Gasteiger partial charge in [-0.15, -0.1) is 0 Å². The third kappa shape index (κ3) is 2.42. The number of benzene rings is 1. The van der Waals surface area contributed by atoms with Gasteiger partial charge in [0.2, 0.25) is 0 Å². The van der Waals surface area contributed by atoms with Gasteiger partial charge in [0.05, 0.1) is 12.8 Å². The van der Waals surface area contributed by atoms with Crippen LogP contribution in [0.4, 0.5) is 5.69 Å². The van der Waals surface area contributed by atoms with Crippen LogP contribution in [0, 0.1) is 12.8 Å². The first-order chi connectivity index (χ1) is 7.70. The number of hydrogen-bond donors (Lipinski definition) is 2. The van der Waals surface area contributed by atoms with Gasteiger partial charge in [0.15, 0.2) is 0 Å². The number of rotatable bonds is 4. The molecule has 0 amide bonds.